The van der Waals surface area contributed by atoms with Gasteiger partial charge in [-0.25, -0.2) is 9.13 Å². The summed E-state index contributed by atoms with van der Waals surface area (Å²) in [5.74, 6) is 1.84. The van der Waals surface area contributed by atoms with Gasteiger partial charge in [-0.1, -0.05) is 20.3 Å². The minimum atomic E-state index is 0.256. The third kappa shape index (κ3) is 2.35. The first-order valence-electron chi connectivity index (χ1n) is 5.33. The molecule has 1 heterocycles. The second-order valence-electron chi connectivity index (χ2n) is 4.16. The first-order chi connectivity index (χ1) is 6.56. The maximum atomic E-state index is 6.11. The van der Waals surface area contributed by atoms with Crippen LogP contribution in [0.15, 0.2) is 12.4 Å². The average molecular weight is 196 g/mol. The zero-order chi connectivity index (χ0) is 10.7. The summed E-state index contributed by atoms with van der Waals surface area (Å²) in [7, 11) is 2.06. The van der Waals surface area contributed by atoms with E-state index in [1.54, 1.807) is 0 Å². The molecule has 0 saturated carbocycles. The number of hydrogen-bond acceptors (Lipinski definition) is 1. The van der Waals surface area contributed by atoms with Crippen LogP contribution < -0.4 is 10.3 Å². The van der Waals surface area contributed by atoms with Crippen LogP contribution in [0.1, 0.15) is 26.1 Å². The smallest absolute Gasteiger partial charge is 0.253 e. The van der Waals surface area contributed by atoms with E-state index >= 15 is 0 Å². The molecule has 1 aromatic rings. The van der Waals surface area contributed by atoms with Gasteiger partial charge in [0, 0.05) is 13.0 Å². The molecule has 1 rings (SSSR count). The highest BCUT2D eigenvalue weighted by molar-refractivity contribution is 4.82. The van der Waals surface area contributed by atoms with Crippen LogP contribution in [-0.4, -0.2) is 10.6 Å². The summed E-state index contributed by atoms with van der Waals surface area (Å²) in [5.41, 5.74) is 6.11. The van der Waals surface area contributed by atoms with Crippen molar-refractivity contribution in [2.24, 2.45) is 18.7 Å². The summed E-state index contributed by atoms with van der Waals surface area (Å²) >= 11 is 0. The van der Waals surface area contributed by atoms with Crippen LogP contribution in [0.25, 0.3) is 0 Å². The molecule has 0 aliphatic carbocycles. The molecule has 0 bridgehead atoms. The quantitative estimate of drug-likeness (QED) is 0.716. The van der Waals surface area contributed by atoms with E-state index in [0.717, 1.165) is 13.0 Å². The highest BCUT2D eigenvalue weighted by atomic mass is 15.1. The Balaban J connectivity index is 2.64. The Bertz CT molecular complexity index is 291. The predicted octanol–water partition coefficient (Wildman–Crippen LogP) is 0.994. The molecule has 0 radical (unpaired) electrons. The van der Waals surface area contributed by atoms with Gasteiger partial charge in [-0.15, -0.1) is 0 Å². The van der Waals surface area contributed by atoms with E-state index in [2.05, 4.69) is 49.3 Å². The van der Waals surface area contributed by atoms with Gasteiger partial charge in [-0.2, -0.15) is 0 Å². The Kier molecular flexibility index (Phi) is 3.69. The van der Waals surface area contributed by atoms with Crippen molar-refractivity contribution in [2.75, 3.05) is 0 Å². The van der Waals surface area contributed by atoms with Crippen LogP contribution in [0.2, 0.25) is 0 Å². The maximum absolute atomic E-state index is 6.11. The number of hydrogen-bond donors (Lipinski definition) is 1. The molecule has 2 N–H and O–H groups in total. The van der Waals surface area contributed by atoms with Crippen molar-refractivity contribution in [1.29, 1.82) is 0 Å². The second-order valence-corrected chi connectivity index (χ2v) is 4.16. The molecule has 0 saturated heterocycles. The number of aryl methyl sites for hydroxylation is 1. The molecule has 3 heteroatoms. The molecule has 0 aliphatic rings. The summed E-state index contributed by atoms with van der Waals surface area (Å²) in [4.78, 5) is 0. The van der Waals surface area contributed by atoms with E-state index in [0.29, 0.717) is 5.92 Å². The van der Waals surface area contributed by atoms with Crippen molar-refractivity contribution >= 4 is 0 Å². The van der Waals surface area contributed by atoms with Crippen molar-refractivity contribution < 1.29 is 4.57 Å². The molecule has 0 fully saturated rings. The Morgan fingerprint density at radius 2 is 2.21 bits per heavy atom. The van der Waals surface area contributed by atoms with E-state index in [-0.39, 0.29) is 6.04 Å². The largest absolute Gasteiger partial charge is 0.324 e. The molecular formula is C11H22N3+. The third-order valence-corrected chi connectivity index (χ3v) is 3.18. The van der Waals surface area contributed by atoms with Crippen molar-refractivity contribution in [3.63, 3.8) is 0 Å². The summed E-state index contributed by atoms with van der Waals surface area (Å²) < 4.78 is 4.33. The predicted molar refractivity (Wildman–Crippen MR) is 57.8 cm³/mol. The van der Waals surface area contributed by atoms with E-state index < -0.39 is 0 Å². The minimum absolute atomic E-state index is 0.256. The highest BCUT2D eigenvalue weighted by Gasteiger charge is 2.16. The molecule has 3 nitrogen and oxygen atoms in total. The molecule has 80 valence electrons. The molecule has 0 amide bonds. The van der Waals surface area contributed by atoms with Crippen LogP contribution in [0.3, 0.4) is 0 Å². The highest BCUT2D eigenvalue weighted by Crippen LogP contribution is 2.07. The standard InChI is InChI=1S/C11H22N3/c1-5-9(2)11(12)8-14-7-6-13(4)10(14)3/h6-7,9,11H,5,8,12H2,1-4H3/q+1/t9?,11-/m1/s1. The van der Waals surface area contributed by atoms with Crippen LogP contribution in [-0.2, 0) is 13.6 Å². The van der Waals surface area contributed by atoms with Gasteiger partial charge in [0.15, 0.2) is 0 Å². The number of nitrogens with two attached hydrogens (primary N) is 1. The normalized spacial score (nSPS) is 15.5. The summed E-state index contributed by atoms with van der Waals surface area (Å²) in [6.45, 7) is 7.43. The molecule has 0 aliphatic heterocycles. The maximum Gasteiger partial charge on any atom is 0.253 e. The first-order valence-corrected chi connectivity index (χ1v) is 5.33. The van der Waals surface area contributed by atoms with E-state index in [1.165, 1.54) is 5.82 Å². The van der Waals surface area contributed by atoms with Crippen molar-refractivity contribution in [3.05, 3.63) is 18.2 Å². The van der Waals surface area contributed by atoms with Gasteiger partial charge in [-0.3, -0.25) is 0 Å². The number of aromatic nitrogens is 2. The van der Waals surface area contributed by atoms with Crippen molar-refractivity contribution in [2.45, 2.75) is 39.8 Å². The third-order valence-electron chi connectivity index (χ3n) is 3.18. The lowest BCUT2D eigenvalue weighted by Crippen LogP contribution is -2.35. The Morgan fingerprint density at radius 1 is 1.57 bits per heavy atom. The first kappa shape index (κ1) is 11.2. The topological polar surface area (TPSA) is 34.8 Å². The van der Waals surface area contributed by atoms with Gasteiger partial charge in [0.1, 0.15) is 18.9 Å². The summed E-state index contributed by atoms with van der Waals surface area (Å²) in [5, 5.41) is 0. The fourth-order valence-corrected chi connectivity index (χ4v) is 1.50. The lowest BCUT2D eigenvalue weighted by atomic mass is 10.0. The van der Waals surface area contributed by atoms with E-state index in [9.17, 15) is 0 Å². The minimum Gasteiger partial charge on any atom is -0.324 e. The van der Waals surface area contributed by atoms with E-state index in [4.69, 9.17) is 5.73 Å². The van der Waals surface area contributed by atoms with Gasteiger partial charge < -0.3 is 5.73 Å². The number of nitrogens with zero attached hydrogens (tertiary/aromatic N) is 2. The van der Waals surface area contributed by atoms with Gasteiger partial charge >= 0.3 is 0 Å². The fourth-order valence-electron chi connectivity index (χ4n) is 1.50. The van der Waals surface area contributed by atoms with Crippen LogP contribution in [0.5, 0.6) is 0 Å². The molecule has 14 heavy (non-hydrogen) atoms. The molecular weight excluding hydrogens is 174 g/mol. The average Bonchev–Trinajstić information content (AvgIpc) is 2.48. The Labute approximate surface area is 86.5 Å². The summed E-state index contributed by atoms with van der Waals surface area (Å²) in [6, 6.07) is 0.256. The Morgan fingerprint density at radius 3 is 2.64 bits per heavy atom. The molecule has 2 atom stereocenters. The van der Waals surface area contributed by atoms with E-state index in [1.807, 2.05) is 0 Å². The van der Waals surface area contributed by atoms with Crippen LogP contribution in [0.4, 0.5) is 0 Å². The molecule has 1 aromatic heterocycles. The zero-order valence-corrected chi connectivity index (χ0v) is 9.70. The molecule has 0 spiro atoms. The fraction of sp³-hybridized carbons (Fsp3) is 0.727. The molecule has 1 unspecified atom stereocenters. The van der Waals surface area contributed by atoms with Crippen LogP contribution >= 0.6 is 0 Å². The van der Waals surface area contributed by atoms with Crippen molar-refractivity contribution in [1.82, 2.24) is 4.57 Å². The monoisotopic (exact) mass is 196 g/mol. The Hall–Kier alpha value is -0.830. The van der Waals surface area contributed by atoms with Gasteiger partial charge in [-0.05, 0) is 5.92 Å². The second kappa shape index (κ2) is 4.60. The SMILES string of the molecule is CCC(C)[C@H](N)Cn1cc[n+](C)c1C. The lowest BCUT2D eigenvalue weighted by Gasteiger charge is -2.16. The zero-order valence-electron chi connectivity index (χ0n) is 9.70. The van der Waals surface area contributed by atoms with Gasteiger partial charge in [0.25, 0.3) is 5.82 Å². The number of rotatable bonds is 4. The summed E-state index contributed by atoms with van der Waals surface area (Å²) in [6.07, 6.45) is 5.31. The van der Waals surface area contributed by atoms with Crippen LogP contribution in [0, 0.1) is 12.8 Å². The number of imidazole rings is 1. The lowest BCUT2D eigenvalue weighted by molar-refractivity contribution is -0.677. The van der Waals surface area contributed by atoms with Gasteiger partial charge in [0.05, 0.1) is 7.05 Å². The van der Waals surface area contributed by atoms with Gasteiger partial charge in [0.2, 0.25) is 0 Å². The molecule has 0 aromatic carbocycles. The van der Waals surface area contributed by atoms with Crippen molar-refractivity contribution in [3.8, 4) is 0 Å².